The second-order valence-electron chi connectivity index (χ2n) is 6.06. The van der Waals surface area contributed by atoms with Gasteiger partial charge in [0, 0.05) is 11.3 Å². The number of anilines is 3. The van der Waals surface area contributed by atoms with E-state index in [-0.39, 0.29) is 5.91 Å². The second kappa shape index (κ2) is 8.27. The third kappa shape index (κ3) is 4.39. The molecular weight excluding hydrogens is 340 g/mol. The average Bonchev–Trinajstić information content (AvgIpc) is 2.70. The molecule has 0 heterocycles. The van der Waals surface area contributed by atoms with E-state index in [1.807, 2.05) is 55.5 Å². The number of nitrogens with one attached hydrogen (secondary N) is 2. The number of carbonyl (C=O) groups is 1. The third-order valence-electron chi connectivity index (χ3n) is 4.15. The first kappa shape index (κ1) is 18.3. The third-order valence-corrected chi connectivity index (χ3v) is 4.15. The SMILES string of the molecule is COc1ccc(C(=O)Nc2ccccc2Nc2ccc(C)cc2)cc1OC. The quantitative estimate of drug-likeness (QED) is 0.647. The number of aryl methyl sites for hydroxylation is 1. The van der Waals surface area contributed by atoms with Gasteiger partial charge in [-0.05, 0) is 49.4 Å². The molecule has 0 spiro atoms. The lowest BCUT2D eigenvalue weighted by Gasteiger charge is -2.14. The van der Waals surface area contributed by atoms with Crippen LogP contribution in [-0.4, -0.2) is 20.1 Å². The van der Waals surface area contributed by atoms with Crippen molar-refractivity contribution in [3.8, 4) is 11.5 Å². The van der Waals surface area contributed by atoms with Crippen molar-refractivity contribution in [3.05, 3.63) is 77.9 Å². The molecule has 2 N–H and O–H groups in total. The number of benzene rings is 3. The second-order valence-corrected chi connectivity index (χ2v) is 6.06. The van der Waals surface area contributed by atoms with Crippen LogP contribution in [0, 0.1) is 6.92 Å². The number of ether oxygens (including phenoxy) is 2. The summed E-state index contributed by atoms with van der Waals surface area (Å²) in [5, 5.41) is 6.29. The summed E-state index contributed by atoms with van der Waals surface area (Å²) in [5.41, 5.74) is 4.13. The maximum atomic E-state index is 12.7. The summed E-state index contributed by atoms with van der Waals surface area (Å²) in [6.45, 7) is 2.04. The minimum Gasteiger partial charge on any atom is -0.493 e. The van der Waals surface area contributed by atoms with Gasteiger partial charge in [0.05, 0.1) is 25.6 Å². The van der Waals surface area contributed by atoms with Crippen LogP contribution in [0.1, 0.15) is 15.9 Å². The first-order chi connectivity index (χ1) is 13.1. The number of carbonyl (C=O) groups excluding carboxylic acids is 1. The van der Waals surface area contributed by atoms with Gasteiger partial charge < -0.3 is 20.1 Å². The van der Waals surface area contributed by atoms with Crippen LogP contribution in [0.15, 0.2) is 66.7 Å². The van der Waals surface area contributed by atoms with Crippen LogP contribution in [0.25, 0.3) is 0 Å². The summed E-state index contributed by atoms with van der Waals surface area (Å²) >= 11 is 0. The smallest absolute Gasteiger partial charge is 0.255 e. The molecule has 0 aliphatic heterocycles. The summed E-state index contributed by atoms with van der Waals surface area (Å²) in [4.78, 5) is 12.7. The molecule has 3 aromatic rings. The van der Waals surface area contributed by atoms with Crippen molar-refractivity contribution in [3.63, 3.8) is 0 Å². The van der Waals surface area contributed by atoms with Crippen molar-refractivity contribution in [1.82, 2.24) is 0 Å². The lowest BCUT2D eigenvalue weighted by atomic mass is 10.1. The Bertz CT molecular complexity index is 937. The average molecular weight is 362 g/mol. The van der Waals surface area contributed by atoms with E-state index in [2.05, 4.69) is 10.6 Å². The summed E-state index contributed by atoms with van der Waals surface area (Å²) in [6, 6.07) is 20.7. The molecule has 0 fully saturated rings. The highest BCUT2D eigenvalue weighted by molar-refractivity contribution is 6.06. The van der Waals surface area contributed by atoms with Gasteiger partial charge in [0.25, 0.3) is 5.91 Å². The van der Waals surface area contributed by atoms with E-state index < -0.39 is 0 Å². The van der Waals surface area contributed by atoms with Crippen LogP contribution in [0.5, 0.6) is 11.5 Å². The molecule has 0 aromatic heterocycles. The number of amides is 1. The monoisotopic (exact) mass is 362 g/mol. The molecule has 0 unspecified atom stereocenters. The molecule has 3 rings (SSSR count). The topological polar surface area (TPSA) is 59.6 Å². The molecule has 0 aliphatic rings. The van der Waals surface area contributed by atoms with Gasteiger partial charge in [-0.25, -0.2) is 0 Å². The minimum atomic E-state index is -0.228. The molecule has 0 bridgehead atoms. The van der Waals surface area contributed by atoms with E-state index in [0.29, 0.717) is 22.7 Å². The van der Waals surface area contributed by atoms with Crippen molar-refractivity contribution in [2.45, 2.75) is 6.92 Å². The molecule has 0 aliphatic carbocycles. The van der Waals surface area contributed by atoms with Gasteiger partial charge in [0.2, 0.25) is 0 Å². The van der Waals surface area contributed by atoms with E-state index in [4.69, 9.17) is 9.47 Å². The maximum absolute atomic E-state index is 12.7. The largest absolute Gasteiger partial charge is 0.493 e. The molecule has 138 valence electrons. The van der Waals surface area contributed by atoms with Crippen molar-refractivity contribution in [1.29, 1.82) is 0 Å². The molecule has 5 heteroatoms. The van der Waals surface area contributed by atoms with Crippen molar-refractivity contribution in [2.24, 2.45) is 0 Å². The number of hydrogen-bond acceptors (Lipinski definition) is 4. The molecule has 0 radical (unpaired) electrons. The van der Waals surface area contributed by atoms with Crippen molar-refractivity contribution in [2.75, 3.05) is 24.9 Å². The van der Waals surface area contributed by atoms with Crippen molar-refractivity contribution < 1.29 is 14.3 Å². The Morgan fingerprint density at radius 1 is 0.815 bits per heavy atom. The first-order valence-corrected chi connectivity index (χ1v) is 8.57. The molecule has 0 atom stereocenters. The Labute approximate surface area is 158 Å². The predicted molar refractivity (Wildman–Crippen MR) is 108 cm³/mol. The van der Waals surface area contributed by atoms with E-state index in [0.717, 1.165) is 11.4 Å². The highest BCUT2D eigenvalue weighted by Crippen LogP contribution is 2.29. The molecule has 3 aromatic carbocycles. The lowest BCUT2D eigenvalue weighted by molar-refractivity contribution is 0.102. The van der Waals surface area contributed by atoms with Crippen LogP contribution in [0.4, 0.5) is 17.1 Å². The fourth-order valence-corrected chi connectivity index (χ4v) is 2.67. The molecule has 0 saturated carbocycles. The Morgan fingerprint density at radius 2 is 1.48 bits per heavy atom. The fraction of sp³-hybridized carbons (Fsp3) is 0.136. The van der Waals surface area contributed by atoms with E-state index in [1.54, 1.807) is 32.4 Å². The Hall–Kier alpha value is -3.47. The van der Waals surface area contributed by atoms with Gasteiger partial charge >= 0.3 is 0 Å². The number of hydrogen-bond donors (Lipinski definition) is 2. The van der Waals surface area contributed by atoms with Crippen LogP contribution < -0.4 is 20.1 Å². The highest BCUT2D eigenvalue weighted by Gasteiger charge is 2.12. The van der Waals surface area contributed by atoms with Crippen molar-refractivity contribution >= 4 is 23.0 Å². The van der Waals surface area contributed by atoms with Gasteiger partial charge in [0.1, 0.15) is 0 Å². The van der Waals surface area contributed by atoms with Crippen LogP contribution in [0.2, 0.25) is 0 Å². The number of rotatable bonds is 6. The Morgan fingerprint density at radius 3 is 2.15 bits per heavy atom. The molecular formula is C22H22N2O3. The van der Waals surface area contributed by atoms with E-state index in [9.17, 15) is 4.79 Å². The van der Waals surface area contributed by atoms with E-state index >= 15 is 0 Å². The lowest BCUT2D eigenvalue weighted by Crippen LogP contribution is -2.13. The van der Waals surface area contributed by atoms with Gasteiger partial charge in [-0.3, -0.25) is 4.79 Å². The molecule has 1 amide bonds. The normalized spacial score (nSPS) is 10.2. The Kier molecular flexibility index (Phi) is 5.61. The number of methoxy groups -OCH3 is 2. The Balaban J connectivity index is 1.81. The summed E-state index contributed by atoms with van der Waals surface area (Å²) in [6.07, 6.45) is 0. The predicted octanol–water partition coefficient (Wildman–Crippen LogP) is 5.01. The zero-order chi connectivity index (χ0) is 19.2. The summed E-state index contributed by atoms with van der Waals surface area (Å²) in [7, 11) is 3.10. The first-order valence-electron chi connectivity index (χ1n) is 8.57. The molecule has 0 saturated heterocycles. The fourth-order valence-electron chi connectivity index (χ4n) is 2.67. The summed E-state index contributed by atoms with van der Waals surface area (Å²) < 4.78 is 10.5. The van der Waals surface area contributed by atoms with Crippen LogP contribution in [-0.2, 0) is 0 Å². The van der Waals surface area contributed by atoms with Crippen LogP contribution in [0.3, 0.4) is 0 Å². The number of para-hydroxylation sites is 2. The minimum absolute atomic E-state index is 0.228. The van der Waals surface area contributed by atoms with Gasteiger partial charge in [-0.15, -0.1) is 0 Å². The standard InChI is InChI=1S/C22H22N2O3/c1-15-8-11-17(12-9-15)23-18-6-4-5-7-19(18)24-22(25)16-10-13-20(26-2)21(14-16)27-3/h4-14,23H,1-3H3,(H,24,25). The molecule has 27 heavy (non-hydrogen) atoms. The van der Waals surface area contributed by atoms with Crippen LogP contribution >= 0.6 is 0 Å². The van der Waals surface area contributed by atoms with Gasteiger partial charge in [0.15, 0.2) is 11.5 Å². The summed E-state index contributed by atoms with van der Waals surface area (Å²) in [5.74, 6) is 0.862. The van der Waals surface area contributed by atoms with E-state index in [1.165, 1.54) is 5.56 Å². The zero-order valence-corrected chi connectivity index (χ0v) is 15.6. The molecule has 5 nitrogen and oxygen atoms in total. The maximum Gasteiger partial charge on any atom is 0.255 e. The highest BCUT2D eigenvalue weighted by atomic mass is 16.5. The zero-order valence-electron chi connectivity index (χ0n) is 15.6. The van der Waals surface area contributed by atoms with Gasteiger partial charge in [-0.2, -0.15) is 0 Å². The van der Waals surface area contributed by atoms with Gasteiger partial charge in [-0.1, -0.05) is 29.8 Å².